The molecule has 0 radical (unpaired) electrons. The highest BCUT2D eigenvalue weighted by Crippen LogP contribution is 2.25. The van der Waals surface area contributed by atoms with Crippen LogP contribution in [-0.4, -0.2) is 35.1 Å². The van der Waals surface area contributed by atoms with Gasteiger partial charge in [0.25, 0.3) is 0 Å². The van der Waals surface area contributed by atoms with Gasteiger partial charge in [-0.1, -0.05) is 19.3 Å². The zero-order valence-corrected chi connectivity index (χ0v) is 12.2. The van der Waals surface area contributed by atoms with E-state index in [9.17, 15) is 9.59 Å². The van der Waals surface area contributed by atoms with Gasteiger partial charge in [-0.2, -0.15) is 0 Å². The quantitative estimate of drug-likeness (QED) is 0.716. The van der Waals surface area contributed by atoms with Crippen LogP contribution in [-0.2, 0) is 9.59 Å². The zero-order chi connectivity index (χ0) is 14.5. The summed E-state index contributed by atoms with van der Waals surface area (Å²) in [5.41, 5.74) is 0. The van der Waals surface area contributed by atoms with E-state index in [0.29, 0.717) is 12.5 Å². The minimum atomic E-state index is -0.709. The number of rotatable bonds is 5. The molecule has 2 rings (SSSR count). The highest BCUT2D eigenvalue weighted by Gasteiger charge is 2.29. The molecule has 2 aliphatic carbocycles. The van der Waals surface area contributed by atoms with Crippen molar-refractivity contribution in [2.24, 2.45) is 5.92 Å². The lowest BCUT2D eigenvalue weighted by atomic mass is 9.85. The number of aliphatic carboxylic acids is 1. The van der Waals surface area contributed by atoms with Crippen LogP contribution < -0.4 is 10.6 Å². The lowest BCUT2D eigenvalue weighted by Gasteiger charge is -2.30. The van der Waals surface area contributed by atoms with Crippen LogP contribution in [0.25, 0.3) is 0 Å². The van der Waals surface area contributed by atoms with Crippen LogP contribution in [0.5, 0.6) is 0 Å². The molecule has 0 spiro atoms. The van der Waals surface area contributed by atoms with E-state index in [4.69, 9.17) is 5.11 Å². The van der Waals surface area contributed by atoms with Gasteiger partial charge in [0.1, 0.15) is 0 Å². The summed E-state index contributed by atoms with van der Waals surface area (Å²) in [5, 5.41) is 15.5. The van der Waals surface area contributed by atoms with E-state index in [1.54, 1.807) is 0 Å². The molecule has 3 atom stereocenters. The van der Waals surface area contributed by atoms with Gasteiger partial charge in [0.15, 0.2) is 0 Å². The Kier molecular flexibility index (Phi) is 5.40. The van der Waals surface area contributed by atoms with Gasteiger partial charge < -0.3 is 15.7 Å². The molecule has 0 aliphatic heterocycles. The van der Waals surface area contributed by atoms with Crippen molar-refractivity contribution in [2.45, 2.75) is 76.4 Å². The van der Waals surface area contributed by atoms with E-state index in [1.165, 1.54) is 12.8 Å². The van der Waals surface area contributed by atoms with Crippen molar-refractivity contribution in [3.63, 3.8) is 0 Å². The van der Waals surface area contributed by atoms with Crippen molar-refractivity contribution in [3.8, 4) is 0 Å². The summed E-state index contributed by atoms with van der Waals surface area (Å²) in [6.45, 7) is 1.87. The number of carboxylic acid groups (broad SMARTS) is 1. The van der Waals surface area contributed by atoms with Gasteiger partial charge in [-0.15, -0.1) is 0 Å². The first kappa shape index (κ1) is 15.3. The predicted octanol–water partition coefficient (Wildman–Crippen LogP) is 1.67. The molecular weight excluding hydrogens is 256 g/mol. The fourth-order valence-corrected chi connectivity index (χ4v) is 3.39. The Morgan fingerprint density at radius 2 is 1.70 bits per heavy atom. The highest BCUT2D eigenvalue weighted by atomic mass is 16.4. The minimum absolute atomic E-state index is 0.0503. The number of carboxylic acids is 1. The zero-order valence-electron chi connectivity index (χ0n) is 12.2. The lowest BCUT2D eigenvalue weighted by molar-refractivity contribution is -0.143. The second-order valence-corrected chi connectivity index (χ2v) is 6.28. The summed E-state index contributed by atoms with van der Waals surface area (Å²) in [4.78, 5) is 23.1. The summed E-state index contributed by atoms with van der Waals surface area (Å²) in [6.07, 6.45) is 7.86. The molecular formula is C15H26N2O3. The van der Waals surface area contributed by atoms with Crippen molar-refractivity contribution in [1.82, 2.24) is 10.6 Å². The number of carbonyl (C=O) groups is 2. The Labute approximate surface area is 120 Å². The van der Waals surface area contributed by atoms with Crippen LogP contribution in [0.15, 0.2) is 0 Å². The van der Waals surface area contributed by atoms with Crippen molar-refractivity contribution in [2.75, 3.05) is 0 Å². The van der Waals surface area contributed by atoms with Gasteiger partial charge in [-0.3, -0.25) is 9.59 Å². The van der Waals surface area contributed by atoms with Crippen LogP contribution in [0.1, 0.15) is 58.3 Å². The van der Waals surface area contributed by atoms with Gasteiger partial charge in [-0.25, -0.2) is 0 Å². The fraction of sp³-hybridized carbons (Fsp3) is 0.867. The van der Waals surface area contributed by atoms with Crippen molar-refractivity contribution >= 4 is 11.9 Å². The molecule has 3 N–H and O–H groups in total. The minimum Gasteiger partial charge on any atom is -0.481 e. The smallest absolute Gasteiger partial charge is 0.306 e. The second kappa shape index (κ2) is 7.07. The third-order valence-corrected chi connectivity index (χ3v) is 4.60. The Hall–Kier alpha value is -1.10. The third-order valence-electron chi connectivity index (χ3n) is 4.60. The maximum Gasteiger partial charge on any atom is 0.306 e. The van der Waals surface area contributed by atoms with Crippen LogP contribution in [0.4, 0.5) is 0 Å². The van der Waals surface area contributed by atoms with Gasteiger partial charge in [0, 0.05) is 12.1 Å². The number of nitrogens with one attached hydrogen (secondary N) is 2. The molecule has 0 aromatic rings. The molecule has 20 heavy (non-hydrogen) atoms. The van der Waals surface area contributed by atoms with Crippen LogP contribution >= 0.6 is 0 Å². The molecule has 5 nitrogen and oxygen atoms in total. The first-order chi connectivity index (χ1) is 9.56. The van der Waals surface area contributed by atoms with Gasteiger partial charge in [-0.05, 0) is 39.0 Å². The van der Waals surface area contributed by atoms with Crippen molar-refractivity contribution in [3.05, 3.63) is 0 Å². The third kappa shape index (κ3) is 4.20. The van der Waals surface area contributed by atoms with E-state index in [2.05, 4.69) is 10.6 Å². The van der Waals surface area contributed by atoms with E-state index in [0.717, 1.165) is 32.1 Å². The summed E-state index contributed by atoms with van der Waals surface area (Å²) >= 11 is 0. The molecule has 1 amide bonds. The summed E-state index contributed by atoms with van der Waals surface area (Å²) in [6, 6.07) is 0.243. The number of amides is 1. The van der Waals surface area contributed by atoms with Crippen LogP contribution in [0, 0.1) is 5.92 Å². The molecule has 0 aromatic heterocycles. The average molecular weight is 282 g/mol. The Bertz CT molecular complexity index is 353. The van der Waals surface area contributed by atoms with E-state index in [-0.39, 0.29) is 23.9 Å². The molecule has 2 saturated carbocycles. The molecule has 0 heterocycles. The normalized spacial score (nSPS) is 29.1. The van der Waals surface area contributed by atoms with Gasteiger partial charge in [0.05, 0.1) is 12.0 Å². The fourth-order valence-electron chi connectivity index (χ4n) is 3.39. The molecule has 0 saturated heterocycles. The van der Waals surface area contributed by atoms with E-state index >= 15 is 0 Å². The largest absolute Gasteiger partial charge is 0.481 e. The lowest BCUT2D eigenvalue weighted by Crippen LogP contribution is -2.50. The molecule has 0 bridgehead atoms. The highest BCUT2D eigenvalue weighted by molar-refractivity contribution is 5.81. The summed E-state index contributed by atoms with van der Waals surface area (Å²) in [5.74, 6) is -0.916. The SMILES string of the molecule is CC(NC1CCCC(C(=O)O)C1)C(=O)NC1CCCC1. The Morgan fingerprint density at radius 3 is 2.35 bits per heavy atom. The maximum absolute atomic E-state index is 12.1. The van der Waals surface area contributed by atoms with Crippen molar-refractivity contribution in [1.29, 1.82) is 0 Å². The second-order valence-electron chi connectivity index (χ2n) is 6.28. The molecule has 2 fully saturated rings. The predicted molar refractivity (Wildman–Crippen MR) is 76.4 cm³/mol. The molecule has 0 aromatic carbocycles. The number of hydrogen-bond donors (Lipinski definition) is 3. The average Bonchev–Trinajstić information content (AvgIpc) is 2.91. The first-order valence-corrected chi connectivity index (χ1v) is 7.85. The Morgan fingerprint density at radius 1 is 1.05 bits per heavy atom. The number of carbonyl (C=O) groups excluding carboxylic acids is 1. The van der Waals surface area contributed by atoms with Gasteiger partial charge >= 0.3 is 5.97 Å². The first-order valence-electron chi connectivity index (χ1n) is 7.85. The maximum atomic E-state index is 12.1. The van der Waals surface area contributed by atoms with E-state index in [1.807, 2.05) is 6.92 Å². The van der Waals surface area contributed by atoms with Crippen molar-refractivity contribution < 1.29 is 14.7 Å². The van der Waals surface area contributed by atoms with E-state index < -0.39 is 5.97 Å². The number of hydrogen-bond acceptors (Lipinski definition) is 3. The molecule has 3 unspecified atom stereocenters. The standard InChI is InChI=1S/C15H26N2O3/c1-10(14(18)17-12-6-2-3-7-12)16-13-8-4-5-11(9-13)15(19)20/h10-13,16H,2-9H2,1H3,(H,17,18)(H,19,20). The van der Waals surface area contributed by atoms with Crippen LogP contribution in [0.2, 0.25) is 0 Å². The monoisotopic (exact) mass is 282 g/mol. The Balaban J connectivity index is 1.76. The summed E-state index contributed by atoms with van der Waals surface area (Å²) in [7, 11) is 0. The molecule has 2 aliphatic rings. The molecule has 5 heteroatoms. The van der Waals surface area contributed by atoms with Crippen LogP contribution in [0.3, 0.4) is 0 Å². The topological polar surface area (TPSA) is 78.4 Å². The molecule has 114 valence electrons. The summed E-state index contributed by atoms with van der Waals surface area (Å²) < 4.78 is 0. The van der Waals surface area contributed by atoms with Gasteiger partial charge in [0.2, 0.25) is 5.91 Å².